The van der Waals surface area contributed by atoms with E-state index in [1.165, 1.54) is 17.0 Å². The van der Waals surface area contributed by atoms with Crippen molar-refractivity contribution in [1.29, 1.82) is 0 Å². The topological polar surface area (TPSA) is 55.1 Å². The van der Waals surface area contributed by atoms with Crippen LogP contribution in [0, 0.1) is 5.82 Å². The molecule has 0 spiro atoms. The summed E-state index contributed by atoms with van der Waals surface area (Å²) < 4.78 is 18.6. The van der Waals surface area contributed by atoms with Gasteiger partial charge in [0, 0.05) is 35.6 Å². The van der Waals surface area contributed by atoms with Gasteiger partial charge in [-0.25, -0.2) is 9.37 Å². The van der Waals surface area contributed by atoms with Crippen molar-refractivity contribution in [3.05, 3.63) is 72.5 Å². The Balaban J connectivity index is 1.38. The molecule has 0 atom stereocenters. The molecular formula is C20H19FN2O2S. The van der Waals surface area contributed by atoms with Gasteiger partial charge in [0.2, 0.25) is 5.91 Å². The molecule has 0 saturated heterocycles. The van der Waals surface area contributed by atoms with Gasteiger partial charge in [-0.2, -0.15) is 0 Å². The van der Waals surface area contributed by atoms with E-state index in [0.29, 0.717) is 31.0 Å². The Morgan fingerprint density at radius 2 is 1.88 bits per heavy atom. The lowest BCUT2D eigenvalue weighted by Gasteiger charge is -2.04. The third-order valence-corrected chi connectivity index (χ3v) is 4.70. The van der Waals surface area contributed by atoms with Gasteiger partial charge in [0.1, 0.15) is 5.82 Å². The minimum atomic E-state index is -0.296. The average Bonchev–Trinajstić information content (AvgIpc) is 3.14. The van der Waals surface area contributed by atoms with E-state index in [2.05, 4.69) is 10.3 Å². The van der Waals surface area contributed by atoms with Gasteiger partial charge in [-0.05, 0) is 36.4 Å². The van der Waals surface area contributed by atoms with Crippen molar-refractivity contribution < 1.29 is 13.6 Å². The number of thioether (sulfide) groups is 1. The highest BCUT2D eigenvalue weighted by molar-refractivity contribution is 7.99. The number of halogens is 1. The number of carbonyl (C=O) groups is 1. The van der Waals surface area contributed by atoms with E-state index in [4.69, 9.17) is 4.42 Å². The second-order valence-corrected chi connectivity index (χ2v) is 6.80. The molecule has 0 fully saturated rings. The van der Waals surface area contributed by atoms with Crippen LogP contribution in [0.25, 0.3) is 11.3 Å². The Bertz CT molecular complexity index is 835. The van der Waals surface area contributed by atoms with Gasteiger partial charge in [0.05, 0.1) is 6.20 Å². The van der Waals surface area contributed by atoms with Crippen LogP contribution < -0.4 is 5.32 Å². The number of nitrogens with zero attached hydrogens (tertiary/aromatic N) is 1. The van der Waals surface area contributed by atoms with Crippen LogP contribution in [0.5, 0.6) is 0 Å². The molecule has 6 heteroatoms. The molecule has 0 unspecified atom stereocenters. The van der Waals surface area contributed by atoms with Crippen LogP contribution in [0.1, 0.15) is 12.3 Å². The third kappa shape index (κ3) is 5.46. The summed E-state index contributed by atoms with van der Waals surface area (Å²) in [5.41, 5.74) is 0.757. The molecule has 2 aromatic carbocycles. The minimum Gasteiger partial charge on any atom is -0.441 e. The molecule has 0 saturated carbocycles. The molecule has 0 aliphatic rings. The number of oxazole rings is 1. The van der Waals surface area contributed by atoms with E-state index >= 15 is 0 Å². The summed E-state index contributed by atoms with van der Waals surface area (Å²) >= 11 is 1.71. The number of aromatic nitrogens is 1. The number of amides is 1. The Morgan fingerprint density at radius 3 is 2.65 bits per heavy atom. The zero-order chi connectivity index (χ0) is 18.2. The minimum absolute atomic E-state index is 0.0276. The maximum absolute atomic E-state index is 12.9. The maximum atomic E-state index is 12.9. The van der Waals surface area contributed by atoms with Gasteiger partial charge in [-0.3, -0.25) is 4.79 Å². The molecule has 1 N–H and O–H groups in total. The van der Waals surface area contributed by atoms with Gasteiger partial charge >= 0.3 is 0 Å². The summed E-state index contributed by atoms with van der Waals surface area (Å²) in [7, 11) is 0. The van der Waals surface area contributed by atoms with Crippen LogP contribution in [-0.2, 0) is 11.2 Å². The summed E-state index contributed by atoms with van der Waals surface area (Å²) in [6, 6.07) is 16.1. The Kier molecular flexibility index (Phi) is 6.44. The fourth-order valence-electron chi connectivity index (χ4n) is 2.36. The fourth-order valence-corrected chi connectivity index (χ4v) is 3.15. The van der Waals surface area contributed by atoms with Crippen molar-refractivity contribution in [3.63, 3.8) is 0 Å². The zero-order valence-corrected chi connectivity index (χ0v) is 15.0. The van der Waals surface area contributed by atoms with E-state index in [0.717, 1.165) is 11.3 Å². The van der Waals surface area contributed by atoms with Crippen LogP contribution in [0.2, 0.25) is 0 Å². The van der Waals surface area contributed by atoms with E-state index in [1.54, 1.807) is 30.1 Å². The fraction of sp³-hybridized carbons (Fsp3) is 0.200. The Hall–Kier alpha value is -2.60. The second kappa shape index (κ2) is 9.20. The van der Waals surface area contributed by atoms with Crippen LogP contribution in [0.15, 0.2) is 70.1 Å². The summed E-state index contributed by atoms with van der Waals surface area (Å²) in [5.74, 6) is 1.57. The summed E-state index contributed by atoms with van der Waals surface area (Å²) in [4.78, 5) is 17.3. The van der Waals surface area contributed by atoms with Crippen LogP contribution in [0.4, 0.5) is 4.39 Å². The van der Waals surface area contributed by atoms with Gasteiger partial charge in [-0.1, -0.05) is 18.2 Å². The number of nitrogens with one attached hydrogen (secondary N) is 1. The summed E-state index contributed by atoms with van der Waals surface area (Å²) in [5, 5.41) is 2.90. The molecule has 0 aliphatic carbocycles. The Morgan fingerprint density at radius 1 is 1.12 bits per heavy atom. The molecule has 3 aromatic rings. The summed E-state index contributed by atoms with van der Waals surface area (Å²) in [6.07, 6.45) is 2.34. The predicted molar refractivity (Wildman–Crippen MR) is 100 cm³/mol. The number of hydrogen-bond donors (Lipinski definition) is 1. The molecule has 3 rings (SSSR count). The smallest absolute Gasteiger partial charge is 0.220 e. The van der Waals surface area contributed by atoms with Gasteiger partial charge < -0.3 is 9.73 Å². The first-order valence-electron chi connectivity index (χ1n) is 8.36. The second-order valence-electron chi connectivity index (χ2n) is 5.64. The lowest BCUT2D eigenvalue weighted by atomic mass is 10.2. The van der Waals surface area contributed by atoms with Gasteiger partial charge in [0.25, 0.3) is 0 Å². The van der Waals surface area contributed by atoms with E-state index in [9.17, 15) is 9.18 Å². The van der Waals surface area contributed by atoms with Crippen molar-refractivity contribution in [2.45, 2.75) is 17.7 Å². The lowest BCUT2D eigenvalue weighted by Crippen LogP contribution is -2.25. The first-order valence-corrected chi connectivity index (χ1v) is 9.34. The normalized spacial score (nSPS) is 10.7. The van der Waals surface area contributed by atoms with Crippen LogP contribution in [-0.4, -0.2) is 23.2 Å². The average molecular weight is 370 g/mol. The van der Waals surface area contributed by atoms with Crippen LogP contribution in [0.3, 0.4) is 0 Å². The van der Waals surface area contributed by atoms with Gasteiger partial charge in [-0.15, -0.1) is 11.8 Å². The van der Waals surface area contributed by atoms with Crippen molar-refractivity contribution in [2.75, 3.05) is 12.3 Å². The molecule has 4 nitrogen and oxygen atoms in total. The third-order valence-electron chi connectivity index (χ3n) is 3.68. The molecular weight excluding hydrogens is 351 g/mol. The molecule has 1 aromatic heterocycles. The highest BCUT2D eigenvalue weighted by atomic mass is 32.2. The quantitative estimate of drug-likeness (QED) is 0.474. The lowest BCUT2D eigenvalue weighted by molar-refractivity contribution is -0.121. The molecule has 0 bridgehead atoms. The van der Waals surface area contributed by atoms with Crippen molar-refractivity contribution in [2.24, 2.45) is 0 Å². The van der Waals surface area contributed by atoms with Crippen molar-refractivity contribution in [1.82, 2.24) is 10.3 Å². The first-order chi connectivity index (χ1) is 12.7. The molecule has 26 heavy (non-hydrogen) atoms. The predicted octanol–water partition coefficient (Wildman–Crippen LogP) is 4.32. The van der Waals surface area contributed by atoms with Gasteiger partial charge in [0.15, 0.2) is 11.7 Å². The first kappa shape index (κ1) is 18.2. The van der Waals surface area contributed by atoms with E-state index in [1.807, 2.05) is 30.3 Å². The highest BCUT2D eigenvalue weighted by Crippen LogP contribution is 2.21. The van der Waals surface area contributed by atoms with Crippen LogP contribution >= 0.6 is 11.8 Å². The van der Waals surface area contributed by atoms with Crippen molar-refractivity contribution in [3.8, 4) is 11.3 Å². The monoisotopic (exact) mass is 370 g/mol. The number of carbonyl (C=O) groups excluding carboxylic acids is 1. The zero-order valence-electron chi connectivity index (χ0n) is 14.2. The largest absolute Gasteiger partial charge is 0.441 e. The van der Waals surface area contributed by atoms with Crippen molar-refractivity contribution >= 4 is 17.7 Å². The molecule has 1 amide bonds. The van der Waals surface area contributed by atoms with E-state index in [-0.39, 0.29) is 11.7 Å². The molecule has 0 radical (unpaired) electrons. The Labute approximate surface area is 155 Å². The standard InChI is InChI=1S/C20H19FN2O2S/c21-16-8-6-15(7-9-16)18-14-23-20(25-18)11-10-19(24)22-12-13-26-17-4-2-1-3-5-17/h1-9,14H,10-13H2,(H,22,24). The summed E-state index contributed by atoms with van der Waals surface area (Å²) in [6.45, 7) is 0.616. The molecule has 1 heterocycles. The van der Waals surface area contributed by atoms with E-state index < -0.39 is 0 Å². The number of hydrogen-bond acceptors (Lipinski definition) is 4. The number of aryl methyl sites for hydroxylation is 1. The SMILES string of the molecule is O=C(CCc1ncc(-c2ccc(F)cc2)o1)NCCSc1ccccc1. The maximum Gasteiger partial charge on any atom is 0.220 e. The molecule has 0 aliphatic heterocycles. The molecule has 134 valence electrons. The number of benzene rings is 2. The number of rotatable bonds is 8. The highest BCUT2D eigenvalue weighted by Gasteiger charge is 2.09.